The van der Waals surface area contributed by atoms with Crippen molar-refractivity contribution in [3.05, 3.63) is 41.4 Å². The normalized spacial score (nSPS) is 13.1. The number of para-hydroxylation sites is 1. The summed E-state index contributed by atoms with van der Waals surface area (Å²) in [6, 6.07) is 7.39. The number of nitrogens with one attached hydrogen (secondary N) is 1. The summed E-state index contributed by atoms with van der Waals surface area (Å²) in [5, 5.41) is 3.10. The molecule has 0 radical (unpaired) electrons. The van der Waals surface area contributed by atoms with Gasteiger partial charge in [0.05, 0.1) is 0 Å². The second-order valence-corrected chi connectivity index (χ2v) is 8.55. The quantitative estimate of drug-likeness (QED) is 0.909. The smallest absolute Gasteiger partial charge is 0.242 e. The third-order valence-corrected chi connectivity index (χ3v) is 6.62. The molecule has 0 bridgehead atoms. The average molecular weight is 338 g/mol. The average Bonchev–Trinajstić information content (AvgIpc) is 3.01. The van der Waals surface area contributed by atoms with Crippen molar-refractivity contribution in [3.8, 4) is 0 Å². The van der Waals surface area contributed by atoms with Crippen LogP contribution in [-0.4, -0.2) is 24.6 Å². The molecule has 2 aromatic rings. The highest BCUT2D eigenvalue weighted by Gasteiger charge is 2.32. The maximum absolute atomic E-state index is 12.3. The van der Waals surface area contributed by atoms with Crippen molar-refractivity contribution in [1.82, 2.24) is 4.98 Å². The van der Waals surface area contributed by atoms with Crippen LogP contribution in [0.5, 0.6) is 0 Å². The van der Waals surface area contributed by atoms with E-state index in [1.807, 2.05) is 32.0 Å². The van der Waals surface area contributed by atoms with Gasteiger partial charge >= 0.3 is 0 Å². The minimum absolute atomic E-state index is 0.0349. The Kier molecular flexibility index (Phi) is 4.97. The fraction of sp³-hybridized carbons (Fsp3) is 0.333. The van der Waals surface area contributed by atoms with E-state index in [0.717, 1.165) is 16.9 Å². The van der Waals surface area contributed by atoms with E-state index >= 15 is 0 Å². The molecule has 0 aliphatic rings. The molecule has 7 heteroatoms. The lowest BCUT2D eigenvalue weighted by molar-refractivity contribution is -0.115. The molecule has 0 unspecified atom stereocenters. The van der Waals surface area contributed by atoms with Gasteiger partial charge in [-0.1, -0.05) is 32.0 Å². The fourth-order valence-electron chi connectivity index (χ4n) is 1.99. The van der Waals surface area contributed by atoms with Crippen LogP contribution >= 0.6 is 11.3 Å². The lowest BCUT2D eigenvalue weighted by Gasteiger charge is -2.16. The van der Waals surface area contributed by atoms with E-state index in [1.165, 1.54) is 13.1 Å². The van der Waals surface area contributed by atoms with Crippen molar-refractivity contribution in [2.24, 2.45) is 0 Å². The molecule has 5 nitrogen and oxygen atoms in total. The Hall–Kier alpha value is -1.73. The molecular formula is C15H18N2O3S2. The largest absolute Gasteiger partial charge is 0.325 e. The topological polar surface area (TPSA) is 76.1 Å². The Morgan fingerprint density at radius 3 is 2.50 bits per heavy atom. The van der Waals surface area contributed by atoms with Crippen LogP contribution in [0.25, 0.3) is 0 Å². The van der Waals surface area contributed by atoms with E-state index in [4.69, 9.17) is 0 Å². The Balaban J connectivity index is 2.23. The number of amides is 1. The molecule has 0 saturated carbocycles. The van der Waals surface area contributed by atoms with Gasteiger partial charge in [-0.2, -0.15) is 0 Å². The number of rotatable bonds is 5. The van der Waals surface area contributed by atoms with Crippen molar-refractivity contribution in [2.45, 2.75) is 36.3 Å². The monoisotopic (exact) mass is 338 g/mol. The number of carbonyl (C=O) groups excluding carboxylic acids is 1. The molecule has 1 amide bonds. The minimum Gasteiger partial charge on any atom is -0.325 e. The summed E-state index contributed by atoms with van der Waals surface area (Å²) in [7, 11) is -3.75. The number of nitrogens with zero attached hydrogens (tertiary/aromatic N) is 1. The fourth-order valence-corrected chi connectivity index (χ4v) is 4.34. The van der Waals surface area contributed by atoms with E-state index in [-0.39, 0.29) is 10.3 Å². The predicted molar refractivity (Wildman–Crippen MR) is 87.9 cm³/mol. The Bertz CT molecular complexity index is 753. The van der Waals surface area contributed by atoms with E-state index in [0.29, 0.717) is 5.69 Å². The first-order chi connectivity index (χ1) is 10.3. The lowest BCUT2D eigenvalue weighted by Crippen LogP contribution is -2.33. The second kappa shape index (κ2) is 6.58. The van der Waals surface area contributed by atoms with E-state index < -0.39 is 21.0 Å². The molecule has 1 aromatic carbocycles. The van der Waals surface area contributed by atoms with Crippen molar-refractivity contribution >= 4 is 32.8 Å². The summed E-state index contributed by atoms with van der Waals surface area (Å²) in [6.07, 6.45) is 1.41. The molecule has 118 valence electrons. The molecular weight excluding hydrogens is 320 g/mol. The molecule has 1 aromatic heterocycles. The van der Waals surface area contributed by atoms with Gasteiger partial charge in [-0.3, -0.25) is 4.79 Å². The first-order valence-electron chi connectivity index (χ1n) is 6.87. The highest BCUT2D eigenvalue weighted by molar-refractivity contribution is 7.94. The number of hydrogen-bond donors (Lipinski definition) is 1. The molecule has 0 saturated heterocycles. The first-order valence-corrected chi connectivity index (χ1v) is 9.29. The molecule has 2 rings (SSSR count). The van der Waals surface area contributed by atoms with Gasteiger partial charge in [0.15, 0.2) is 0 Å². The van der Waals surface area contributed by atoms with Crippen LogP contribution in [0, 0.1) is 0 Å². The molecule has 1 atom stereocenters. The third-order valence-electron chi connectivity index (χ3n) is 3.33. The van der Waals surface area contributed by atoms with Crippen LogP contribution in [0.1, 0.15) is 32.3 Å². The minimum atomic E-state index is -3.75. The number of hydrogen-bond acceptors (Lipinski definition) is 5. The summed E-state index contributed by atoms with van der Waals surface area (Å²) >= 11 is 1.01. The maximum Gasteiger partial charge on any atom is 0.242 e. The molecule has 0 aliphatic carbocycles. The lowest BCUT2D eigenvalue weighted by atomic mass is 10.0. The second-order valence-electron chi connectivity index (χ2n) is 5.22. The van der Waals surface area contributed by atoms with E-state index in [9.17, 15) is 13.2 Å². The van der Waals surface area contributed by atoms with Gasteiger partial charge in [-0.15, -0.1) is 11.3 Å². The van der Waals surface area contributed by atoms with Crippen LogP contribution in [-0.2, 0) is 14.6 Å². The standard InChI is InChI=1S/C15H18N2O3S2/c1-10(2)12-6-4-5-7-13(12)17-14(18)11(3)22(19,20)15-16-8-9-21-15/h4-11H,1-3H3,(H,17,18)/t11-/m1/s1. The van der Waals surface area contributed by atoms with Gasteiger partial charge < -0.3 is 5.32 Å². The van der Waals surface area contributed by atoms with Crippen LogP contribution < -0.4 is 5.32 Å². The Labute approximate surface area is 134 Å². The summed E-state index contributed by atoms with van der Waals surface area (Å²) in [6.45, 7) is 5.41. The Morgan fingerprint density at radius 1 is 1.23 bits per heavy atom. The molecule has 0 spiro atoms. The summed E-state index contributed by atoms with van der Waals surface area (Å²) in [5.41, 5.74) is 1.61. The van der Waals surface area contributed by atoms with Crippen LogP contribution in [0.15, 0.2) is 40.2 Å². The molecule has 1 heterocycles. The van der Waals surface area contributed by atoms with Crippen LogP contribution in [0.2, 0.25) is 0 Å². The van der Waals surface area contributed by atoms with Crippen LogP contribution in [0.3, 0.4) is 0 Å². The van der Waals surface area contributed by atoms with Gasteiger partial charge in [0.25, 0.3) is 0 Å². The van der Waals surface area contributed by atoms with Crippen molar-refractivity contribution in [1.29, 1.82) is 0 Å². The van der Waals surface area contributed by atoms with Gasteiger partial charge in [0, 0.05) is 17.3 Å². The van der Waals surface area contributed by atoms with Crippen molar-refractivity contribution in [2.75, 3.05) is 5.32 Å². The number of benzene rings is 1. The summed E-state index contributed by atoms with van der Waals surface area (Å²) in [4.78, 5) is 16.1. The van der Waals surface area contributed by atoms with E-state index in [2.05, 4.69) is 10.3 Å². The molecule has 22 heavy (non-hydrogen) atoms. The van der Waals surface area contributed by atoms with Gasteiger partial charge in [-0.25, -0.2) is 13.4 Å². The number of aromatic nitrogens is 1. The first kappa shape index (κ1) is 16.6. The number of carbonyl (C=O) groups is 1. The van der Waals surface area contributed by atoms with Crippen molar-refractivity contribution in [3.63, 3.8) is 0 Å². The predicted octanol–water partition coefficient (Wildman–Crippen LogP) is 3.07. The molecule has 1 N–H and O–H groups in total. The van der Waals surface area contributed by atoms with Gasteiger partial charge in [0.1, 0.15) is 5.25 Å². The zero-order valence-electron chi connectivity index (χ0n) is 12.6. The Morgan fingerprint density at radius 2 is 1.91 bits per heavy atom. The summed E-state index contributed by atoms with van der Waals surface area (Å²) < 4.78 is 24.6. The van der Waals surface area contributed by atoms with Crippen LogP contribution in [0.4, 0.5) is 5.69 Å². The zero-order valence-corrected chi connectivity index (χ0v) is 14.2. The maximum atomic E-state index is 12.3. The van der Waals surface area contributed by atoms with Gasteiger partial charge in [-0.05, 0) is 24.5 Å². The number of thiazole rings is 1. The highest BCUT2D eigenvalue weighted by Crippen LogP contribution is 2.25. The SMILES string of the molecule is CC(C)c1ccccc1NC(=O)[C@@H](C)S(=O)(=O)c1nccs1. The number of anilines is 1. The highest BCUT2D eigenvalue weighted by atomic mass is 32.2. The zero-order chi connectivity index (χ0) is 16.3. The number of sulfone groups is 1. The molecule has 0 fully saturated rings. The van der Waals surface area contributed by atoms with Crippen molar-refractivity contribution < 1.29 is 13.2 Å². The molecule has 0 aliphatic heterocycles. The third kappa shape index (κ3) is 3.36. The summed E-state index contributed by atoms with van der Waals surface area (Å²) in [5.74, 6) is -0.328. The van der Waals surface area contributed by atoms with Gasteiger partial charge in [0.2, 0.25) is 20.1 Å². The van der Waals surface area contributed by atoms with E-state index in [1.54, 1.807) is 11.4 Å².